The van der Waals surface area contributed by atoms with E-state index in [1.54, 1.807) is 11.4 Å². The van der Waals surface area contributed by atoms with Crippen LogP contribution in [0.1, 0.15) is 26.2 Å². The van der Waals surface area contributed by atoms with Gasteiger partial charge in [0.1, 0.15) is 4.90 Å². The molecule has 19 heavy (non-hydrogen) atoms. The SMILES string of the molecule is CCCN(CC1CC1)S(=O)(=O)c1cnc(NC)nc1. The van der Waals surface area contributed by atoms with Crippen molar-refractivity contribution in [1.82, 2.24) is 14.3 Å². The molecule has 6 nitrogen and oxygen atoms in total. The van der Waals surface area contributed by atoms with E-state index in [1.165, 1.54) is 12.4 Å². The first-order chi connectivity index (χ1) is 9.07. The molecule has 0 aliphatic heterocycles. The first-order valence-corrected chi connectivity index (χ1v) is 8.02. The van der Waals surface area contributed by atoms with Gasteiger partial charge in [0.2, 0.25) is 16.0 Å². The van der Waals surface area contributed by atoms with Gasteiger partial charge in [0, 0.05) is 20.1 Å². The van der Waals surface area contributed by atoms with Crippen LogP contribution in [0, 0.1) is 5.92 Å². The monoisotopic (exact) mass is 284 g/mol. The van der Waals surface area contributed by atoms with E-state index in [9.17, 15) is 8.42 Å². The van der Waals surface area contributed by atoms with Crippen LogP contribution in [0.15, 0.2) is 17.3 Å². The zero-order chi connectivity index (χ0) is 13.9. The van der Waals surface area contributed by atoms with Crippen LogP contribution < -0.4 is 5.32 Å². The number of hydrogen-bond acceptors (Lipinski definition) is 5. The number of nitrogens with zero attached hydrogens (tertiary/aromatic N) is 3. The quantitative estimate of drug-likeness (QED) is 0.817. The summed E-state index contributed by atoms with van der Waals surface area (Å²) in [7, 11) is -1.77. The Balaban J connectivity index is 2.20. The van der Waals surface area contributed by atoms with Crippen LogP contribution in [-0.2, 0) is 10.0 Å². The van der Waals surface area contributed by atoms with E-state index in [4.69, 9.17) is 0 Å². The van der Waals surface area contributed by atoms with Crippen LogP contribution >= 0.6 is 0 Å². The average Bonchev–Trinajstić information content (AvgIpc) is 3.22. The minimum atomic E-state index is -3.46. The normalized spacial score (nSPS) is 15.7. The fourth-order valence-corrected chi connectivity index (χ4v) is 3.37. The molecule has 0 aromatic carbocycles. The zero-order valence-electron chi connectivity index (χ0n) is 11.3. The van der Waals surface area contributed by atoms with Crippen LogP contribution in [0.5, 0.6) is 0 Å². The predicted octanol–water partition coefficient (Wildman–Crippen LogP) is 1.33. The van der Waals surface area contributed by atoms with Crippen molar-refractivity contribution in [3.63, 3.8) is 0 Å². The first kappa shape index (κ1) is 14.2. The number of aromatic nitrogens is 2. The van der Waals surface area contributed by atoms with Gasteiger partial charge in [-0.3, -0.25) is 0 Å². The molecule has 1 fully saturated rings. The summed E-state index contributed by atoms with van der Waals surface area (Å²) in [6.07, 6.45) is 5.80. The molecule has 1 N–H and O–H groups in total. The van der Waals surface area contributed by atoms with Gasteiger partial charge in [-0.25, -0.2) is 18.4 Å². The number of nitrogens with one attached hydrogen (secondary N) is 1. The molecule has 1 aliphatic rings. The first-order valence-electron chi connectivity index (χ1n) is 6.58. The molecule has 0 amide bonds. The molecule has 1 saturated carbocycles. The second-order valence-electron chi connectivity index (χ2n) is 4.80. The smallest absolute Gasteiger partial charge is 0.246 e. The third-order valence-corrected chi connectivity index (χ3v) is 4.94. The molecule has 0 radical (unpaired) electrons. The van der Waals surface area contributed by atoms with Crippen LogP contribution in [0.4, 0.5) is 5.95 Å². The summed E-state index contributed by atoms with van der Waals surface area (Å²) >= 11 is 0. The predicted molar refractivity (Wildman–Crippen MR) is 73.4 cm³/mol. The lowest BCUT2D eigenvalue weighted by Crippen LogP contribution is -2.33. The molecule has 2 rings (SSSR count). The lowest BCUT2D eigenvalue weighted by Gasteiger charge is -2.21. The largest absolute Gasteiger partial charge is 0.357 e. The fourth-order valence-electron chi connectivity index (χ4n) is 1.87. The summed E-state index contributed by atoms with van der Waals surface area (Å²) in [5.74, 6) is 0.946. The molecule has 1 heterocycles. The Morgan fingerprint density at radius 2 is 2.00 bits per heavy atom. The molecule has 0 unspecified atom stereocenters. The minimum Gasteiger partial charge on any atom is -0.357 e. The summed E-state index contributed by atoms with van der Waals surface area (Å²) in [4.78, 5) is 8.11. The van der Waals surface area contributed by atoms with Crippen LogP contribution in [0.3, 0.4) is 0 Å². The molecule has 1 aliphatic carbocycles. The van der Waals surface area contributed by atoms with E-state index < -0.39 is 10.0 Å². The van der Waals surface area contributed by atoms with Crippen molar-refractivity contribution in [2.75, 3.05) is 25.5 Å². The maximum absolute atomic E-state index is 12.5. The van der Waals surface area contributed by atoms with Crippen molar-refractivity contribution in [3.05, 3.63) is 12.4 Å². The van der Waals surface area contributed by atoms with Crippen LogP contribution in [-0.4, -0.2) is 42.8 Å². The van der Waals surface area contributed by atoms with E-state index in [0.29, 0.717) is 25.0 Å². The van der Waals surface area contributed by atoms with Gasteiger partial charge < -0.3 is 5.32 Å². The second kappa shape index (κ2) is 5.83. The third-order valence-electron chi connectivity index (χ3n) is 3.12. The number of hydrogen-bond donors (Lipinski definition) is 1. The van der Waals surface area contributed by atoms with Crippen molar-refractivity contribution < 1.29 is 8.42 Å². The Morgan fingerprint density at radius 3 is 2.47 bits per heavy atom. The summed E-state index contributed by atoms with van der Waals surface area (Å²) < 4.78 is 26.6. The zero-order valence-corrected chi connectivity index (χ0v) is 12.2. The van der Waals surface area contributed by atoms with E-state index in [1.807, 2.05) is 6.92 Å². The topological polar surface area (TPSA) is 75.2 Å². The molecule has 0 spiro atoms. The highest BCUT2D eigenvalue weighted by molar-refractivity contribution is 7.89. The van der Waals surface area contributed by atoms with E-state index in [0.717, 1.165) is 19.3 Å². The van der Waals surface area contributed by atoms with Gasteiger partial charge >= 0.3 is 0 Å². The lowest BCUT2D eigenvalue weighted by molar-refractivity contribution is 0.395. The van der Waals surface area contributed by atoms with Gasteiger partial charge in [-0.2, -0.15) is 4.31 Å². The highest BCUT2D eigenvalue weighted by atomic mass is 32.2. The molecular weight excluding hydrogens is 264 g/mol. The molecule has 0 saturated heterocycles. The number of sulfonamides is 1. The summed E-state index contributed by atoms with van der Waals surface area (Å²) in [5, 5.41) is 2.77. The average molecular weight is 284 g/mol. The molecular formula is C12H20N4O2S. The van der Waals surface area contributed by atoms with E-state index in [-0.39, 0.29) is 4.90 Å². The van der Waals surface area contributed by atoms with Gasteiger partial charge in [0.25, 0.3) is 0 Å². The number of anilines is 1. The Bertz CT molecular complexity index is 511. The maximum Gasteiger partial charge on any atom is 0.246 e. The van der Waals surface area contributed by atoms with Gasteiger partial charge in [-0.1, -0.05) is 6.92 Å². The van der Waals surface area contributed by atoms with Gasteiger partial charge in [0.05, 0.1) is 12.4 Å². The lowest BCUT2D eigenvalue weighted by atomic mass is 10.4. The van der Waals surface area contributed by atoms with Crippen molar-refractivity contribution in [1.29, 1.82) is 0 Å². The van der Waals surface area contributed by atoms with E-state index >= 15 is 0 Å². The summed E-state index contributed by atoms with van der Waals surface area (Å²) in [6.45, 7) is 3.15. The van der Waals surface area contributed by atoms with Crippen molar-refractivity contribution >= 4 is 16.0 Å². The minimum absolute atomic E-state index is 0.167. The molecule has 0 atom stereocenters. The maximum atomic E-state index is 12.5. The molecule has 0 bridgehead atoms. The van der Waals surface area contributed by atoms with Crippen molar-refractivity contribution in [3.8, 4) is 0 Å². The Morgan fingerprint density at radius 1 is 1.37 bits per heavy atom. The molecule has 1 aromatic rings. The molecule has 106 valence electrons. The highest BCUT2D eigenvalue weighted by Gasteiger charge is 2.31. The van der Waals surface area contributed by atoms with Crippen LogP contribution in [0.2, 0.25) is 0 Å². The Kier molecular flexibility index (Phi) is 4.36. The molecule has 1 aromatic heterocycles. The Hall–Kier alpha value is -1.21. The molecule has 7 heteroatoms. The fraction of sp³-hybridized carbons (Fsp3) is 0.667. The van der Waals surface area contributed by atoms with Crippen LogP contribution in [0.25, 0.3) is 0 Å². The van der Waals surface area contributed by atoms with Crippen molar-refractivity contribution in [2.45, 2.75) is 31.1 Å². The van der Waals surface area contributed by atoms with Gasteiger partial charge in [-0.15, -0.1) is 0 Å². The summed E-state index contributed by atoms with van der Waals surface area (Å²) in [5.41, 5.74) is 0. The Labute approximate surface area is 114 Å². The summed E-state index contributed by atoms with van der Waals surface area (Å²) in [6, 6.07) is 0. The second-order valence-corrected chi connectivity index (χ2v) is 6.74. The number of rotatable bonds is 7. The van der Waals surface area contributed by atoms with Gasteiger partial charge in [0.15, 0.2) is 0 Å². The third kappa shape index (κ3) is 3.42. The van der Waals surface area contributed by atoms with Gasteiger partial charge in [-0.05, 0) is 25.2 Å². The van der Waals surface area contributed by atoms with E-state index in [2.05, 4.69) is 15.3 Å². The highest BCUT2D eigenvalue weighted by Crippen LogP contribution is 2.31. The van der Waals surface area contributed by atoms with Crippen molar-refractivity contribution in [2.24, 2.45) is 5.92 Å². The standard InChI is InChI=1S/C12H20N4O2S/c1-3-6-16(9-10-4-5-10)19(17,18)11-7-14-12(13-2)15-8-11/h7-8,10H,3-6,9H2,1-2H3,(H,13,14,15).